The summed E-state index contributed by atoms with van der Waals surface area (Å²) < 4.78 is 27.7. The lowest BCUT2D eigenvalue weighted by molar-refractivity contribution is -0.156. The summed E-state index contributed by atoms with van der Waals surface area (Å²) in [4.78, 5) is 47.8. The first-order valence-corrected chi connectivity index (χ1v) is 19.5. The highest BCUT2D eigenvalue weighted by molar-refractivity contribution is 6.21. The largest absolute Gasteiger partial charge is 0.497 e. The Kier molecular flexibility index (Phi) is 9.91. The molecule has 5 fully saturated rings. The molecule has 2 bridgehead atoms. The number of benzene rings is 2. The van der Waals surface area contributed by atoms with Crippen LogP contribution in [0.3, 0.4) is 0 Å². The third-order valence-corrected chi connectivity index (χ3v) is 12.9. The van der Waals surface area contributed by atoms with Gasteiger partial charge in [-0.2, -0.15) is 0 Å². The van der Waals surface area contributed by atoms with Crippen molar-refractivity contribution < 1.29 is 28.2 Å². The zero-order valence-corrected chi connectivity index (χ0v) is 30.8. The van der Waals surface area contributed by atoms with Crippen LogP contribution in [-0.2, 0) is 19.1 Å². The molecule has 1 N–H and O–H groups in total. The van der Waals surface area contributed by atoms with E-state index in [9.17, 15) is 14.4 Å². The number of methoxy groups -OCH3 is 1. The molecular formula is C43H51FN4O5. The average Bonchev–Trinajstić information content (AvgIpc) is 4.05. The number of fused-ring (bicyclic) bond motifs is 5. The quantitative estimate of drug-likeness (QED) is 0.169. The predicted molar refractivity (Wildman–Crippen MR) is 201 cm³/mol. The normalized spacial score (nSPS) is 29.1. The van der Waals surface area contributed by atoms with Crippen molar-refractivity contribution in [1.29, 1.82) is 0 Å². The molecule has 9 rings (SSSR count). The summed E-state index contributed by atoms with van der Waals surface area (Å²) in [7, 11) is 1.64. The van der Waals surface area contributed by atoms with Gasteiger partial charge in [0, 0.05) is 49.9 Å². The number of esters is 1. The number of halogens is 1. The van der Waals surface area contributed by atoms with Gasteiger partial charge in [0.1, 0.15) is 24.2 Å². The average molecular weight is 723 g/mol. The Bertz CT molecular complexity index is 1880. The molecule has 2 heterocycles. The summed E-state index contributed by atoms with van der Waals surface area (Å²) in [5.41, 5.74) is 1.41. The monoisotopic (exact) mass is 722 g/mol. The molecule has 53 heavy (non-hydrogen) atoms. The van der Waals surface area contributed by atoms with Crippen LogP contribution >= 0.6 is 0 Å². The lowest BCUT2D eigenvalue weighted by Crippen LogP contribution is -2.51. The van der Waals surface area contributed by atoms with Crippen molar-refractivity contribution in [2.75, 3.05) is 46.4 Å². The standard InChI is InChI=1S/C43H51FN4O5/c1-4-26-19-29-10-9-28(26)20-34(29)42(32-8-6-7-27-11-14-31(52-3)21-33(27)32)53-40(49)24-45-43(51)36-25-48(30-12-13-30)38-23-39(37(44)22-35(38)41(36)50)47-17-15-46(5-2)16-18-47/h4,6-8,11,14,21-23,25-26,28-30,34-35,38,42H,1,5,9-10,12-13,15-20,24H2,2-3H3,(H,45,51)/t26?,28?,29?,34?,35?,38?,42-/m1/s1. The molecule has 7 atom stereocenters. The molecule has 0 radical (unpaired) electrons. The lowest BCUT2D eigenvalue weighted by atomic mass is 9.58. The summed E-state index contributed by atoms with van der Waals surface area (Å²) in [6, 6.07) is 11.8. The van der Waals surface area contributed by atoms with Crippen LogP contribution in [0.25, 0.3) is 10.8 Å². The van der Waals surface area contributed by atoms with Crippen LogP contribution in [-0.4, -0.2) is 90.8 Å². The number of ether oxygens (including phenoxy) is 2. The number of allylic oxidation sites excluding steroid dienone is 2. The molecule has 1 amide bonds. The van der Waals surface area contributed by atoms with Crippen molar-refractivity contribution in [3.63, 3.8) is 0 Å². The van der Waals surface area contributed by atoms with E-state index in [1.807, 2.05) is 42.5 Å². The SMILES string of the molecule is C=CC1CC2CCC1CC2[C@H](OC(=O)CNC(=O)C1=CN(C2CC2)C2C=C(N3CCN(CC)CC3)C(F)=CC2C1=O)c1cccc2ccc(OC)cc12. The molecule has 7 aliphatic rings. The second-order valence-corrected chi connectivity index (χ2v) is 15.7. The van der Waals surface area contributed by atoms with Crippen molar-refractivity contribution >= 4 is 28.4 Å². The summed E-state index contributed by atoms with van der Waals surface area (Å²) in [5.74, 6) is -0.699. The number of nitrogens with zero attached hydrogens (tertiary/aromatic N) is 3. The summed E-state index contributed by atoms with van der Waals surface area (Å²) in [5, 5.41) is 4.69. The van der Waals surface area contributed by atoms with Gasteiger partial charge in [0.15, 0.2) is 5.78 Å². The smallest absolute Gasteiger partial charge is 0.326 e. The number of likely N-dealkylation sites (N-methyl/N-ethyl adjacent to an activating group) is 1. The molecule has 2 aromatic carbocycles. The first-order valence-electron chi connectivity index (χ1n) is 19.5. The van der Waals surface area contributed by atoms with Crippen molar-refractivity contribution in [3.8, 4) is 5.75 Å². The van der Waals surface area contributed by atoms with Crippen molar-refractivity contribution in [2.24, 2.45) is 29.6 Å². The van der Waals surface area contributed by atoms with E-state index in [-0.39, 0.29) is 30.1 Å². The van der Waals surface area contributed by atoms with Gasteiger partial charge in [-0.25, -0.2) is 4.39 Å². The molecule has 1 saturated heterocycles. The van der Waals surface area contributed by atoms with Gasteiger partial charge in [-0.3, -0.25) is 14.4 Å². The highest BCUT2D eigenvalue weighted by Gasteiger charge is 2.47. The topological polar surface area (TPSA) is 91.4 Å². The number of piperazine rings is 1. The predicted octanol–water partition coefficient (Wildman–Crippen LogP) is 6.09. The summed E-state index contributed by atoms with van der Waals surface area (Å²) in [6.45, 7) is 9.98. The van der Waals surface area contributed by atoms with E-state index in [0.717, 1.165) is 93.3 Å². The van der Waals surface area contributed by atoms with E-state index >= 15 is 4.39 Å². The van der Waals surface area contributed by atoms with Crippen LogP contribution in [0, 0.1) is 29.6 Å². The molecule has 6 unspecified atom stereocenters. The van der Waals surface area contributed by atoms with Crippen molar-refractivity contribution in [1.82, 2.24) is 20.0 Å². The Balaban J connectivity index is 1.00. The van der Waals surface area contributed by atoms with E-state index in [1.165, 1.54) is 6.08 Å². The van der Waals surface area contributed by atoms with Crippen LogP contribution in [0.5, 0.6) is 5.75 Å². The number of hydrogen-bond acceptors (Lipinski definition) is 8. The number of amides is 1. The van der Waals surface area contributed by atoms with Gasteiger partial charge in [0.2, 0.25) is 0 Å². The van der Waals surface area contributed by atoms with Gasteiger partial charge in [-0.15, -0.1) is 6.58 Å². The van der Waals surface area contributed by atoms with Gasteiger partial charge >= 0.3 is 5.97 Å². The number of nitrogens with one attached hydrogen (secondary N) is 1. The Morgan fingerprint density at radius 2 is 1.83 bits per heavy atom. The fourth-order valence-corrected chi connectivity index (χ4v) is 9.77. The van der Waals surface area contributed by atoms with Crippen LogP contribution in [0.4, 0.5) is 4.39 Å². The molecule has 10 heteroatoms. The molecule has 2 aliphatic heterocycles. The zero-order valence-electron chi connectivity index (χ0n) is 30.8. The summed E-state index contributed by atoms with van der Waals surface area (Å²) >= 11 is 0. The lowest BCUT2D eigenvalue weighted by Gasteiger charge is -2.48. The number of carbonyl (C=O) groups is 3. The van der Waals surface area contributed by atoms with Gasteiger partial charge in [0.05, 0.1) is 30.3 Å². The fraction of sp³-hybridized carbons (Fsp3) is 0.512. The second-order valence-electron chi connectivity index (χ2n) is 15.7. The molecular weight excluding hydrogens is 671 g/mol. The van der Waals surface area contributed by atoms with Gasteiger partial charge in [-0.05, 0) is 97.9 Å². The van der Waals surface area contributed by atoms with E-state index < -0.39 is 35.5 Å². The third kappa shape index (κ3) is 6.91. The molecule has 9 nitrogen and oxygen atoms in total. The minimum Gasteiger partial charge on any atom is -0.497 e. The van der Waals surface area contributed by atoms with Crippen molar-refractivity contribution in [2.45, 2.75) is 63.6 Å². The Labute approximate surface area is 311 Å². The Morgan fingerprint density at radius 1 is 1.04 bits per heavy atom. The molecule has 4 saturated carbocycles. The van der Waals surface area contributed by atoms with Gasteiger partial charge < -0.3 is 29.5 Å². The number of rotatable bonds is 11. The maximum atomic E-state index is 15.7. The minimum atomic E-state index is -0.817. The second kappa shape index (κ2) is 14.8. The molecule has 0 aromatic heterocycles. The molecule has 5 aliphatic carbocycles. The third-order valence-electron chi connectivity index (χ3n) is 12.9. The Hall–Kier alpha value is -4.44. The van der Waals surface area contributed by atoms with E-state index in [1.54, 1.807) is 13.3 Å². The number of carbonyl (C=O) groups excluding carboxylic acids is 3. The molecule has 280 valence electrons. The summed E-state index contributed by atoms with van der Waals surface area (Å²) in [6.07, 6.45) is 12.6. The van der Waals surface area contributed by atoms with Gasteiger partial charge in [0.25, 0.3) is 5.91 Å². The van der Waals surface area contributed by atoms with E-state index in [2.05, 4.69) is 39.6 Å². The Morgan fingerprint density at radius 3 is 2.53 bits per heavy atom. The number of Topliss-reactive ketones (excluding diaryl/α,β-unsaturated/α-hetero) is 1. The zero-order chi connectivity index (χ0) is 36.8. The first kappa shape index (κ1) is 35.6. The molecule has 0 spiro atoms. The van der Waals surface area contributed by atoms with E-state index in [4.69, 9.17) is 9.47 Å². The van der Waals surface area contributed by atoms with Crippen LogP contribution in [0.1, 0.15) is 57.1 Å². The first-order chi connectivity index (χ1) is 25.8. The maximum Gasteiger partial charge on any atom is 0.326 e. The maximum absolute atomic E-state index is 15.7. The number of ketones is 1. The number of hydrogen-bond donors (Lipinski definition) is 1. The molecule has 2 aromatic rings. The van der Waals surface area contributed by atoms with Crippen LogP contribution in [0.15, 0.2) is 84.5 Å². The van der Waals surface area contributed by atoms with Crippen LogP contribution in [0.2, 0.25) is 0 Å². The minimum absolute atomic E-state index is 0.0545. The van der Waals surface area contributed by atoms with Crippen LogP contribution < -0.4 is 10.1 Å². The van der Waals surface area contributed by atoms with E-state index in [0.29, 0.717) is 23.5 Å². The highest BCUT2D eigenvalue weighted by Crippen LogP contribution is 2.54. The van der Waals surface area contributed by atoms with Gasteiger partial charge in [-0.1, -0.05) is 37.3 Å². The fourth-order valence-electron chi connectivity index (χ4n) is 9.77. The van der Waals surface area contributed by atoms with Crippen molar-refractivity contribution in [3.05, 3.63) is 90.1 Å². The highest BCUT2D eigenvalue weighted by atomic mass is 19.1.